The van der Waals surface area contributed by atoms with Crippen LogP contribution in [0.15, 0.2) is 24.3 Å². The first-order valence-electron chi connectivity index (χ1n) is 10.1. The molecule has 0 aromatic carbocycles. The molecule has 26 heavy (non-hydrogen) atoms. The van der Waals surface area contributed by atoms with Gasteiger partial charge in [-0.3, -0.25) is 4.79 Å². The number of hydrogen-bond acceptors (Lipinski definition) is 3. The summed E-state index contributed by atoms with van der Waals surface area (Å²) in [6.45, 7) is 3.30. The van der Waals surface area contributed by atoms with Crippen LogP contribution in [0.25, 0.3) is 0 Å². The average Bonchev–Trinajstić information content (AvgIpc) is 3.17. The summed E-state index contributed by atoms with van der Waals surface area (Å²) in [6, 6.07) is 0.564. The van der Waals surface area contributed by atoms with E-state index in [2.05, 4.69) is 30.5 Å². The van der Waals surface area contributed by atoms with Gasteiger partial charge in [0.25, 0.3) is 0 Å². The van der Waals surface area contributed by atoms with Crippen molar-refractivity contribution in [1.82, 2.24) is 11.5 Å². The predicted molar refractivity (Wildman–Crippen MR) is 107 cm³/mol. The van der Waals surface area contributed by atoms with Gasteiger partial charge in [0.15, 0.2) is 0 Å². The number of hydrogen-bond donors (Lipinski definition) is 4. The van der Waals surface area contributed by atoms with E-state index >= 15 is 0 Å². The lowest BCUT2D eigenvalue weighted by Gasteiger charge is -2.29. The first-order chi connectivity index (χ1) is 12.1. The van der Waals surface area contributed by atoms with E-state index in [0.717, 1.165) is 44.6 Å². The number of aliphatic carboxylic acids is 1. The molecule has 1 saturated heterocycles. The van der Waals surface area contributed by atoms with Crippen LogP contribution in [0, 0.1) is 17.8 Å². The van der Waals surface area contributed by atoms with Crippen LogP contribution in [0.2, 0.25) is 0 Å². The van der Waals surface area contributed by atoms with Gasteiger partial charge in [-0.15, -0.1) is 0 Å². The molecule has 1 heterocycles. The summed E-state index contributed by atoms with van der Waals surface area (Å²) >= 11 is 0. The van der Waals surface area contributed by atoms with E-state index in [4.69, 9.17) is 5.11 Å². The molecule has 0 amide bonds. The summed E-state index contributed by atoms with van der Waals surface area (Å²) in [7, 11) is 0. The van der Waals surface area contributed by atoms with E-state index in [0.29, 0.717) is 17.9 Å². The maximum absolute atomic E-state index is 10.5. The number of aliphatic hydroxyl groups excluding tert-OH is 1. The Kier molecular flexibility index (Phi) is 10.8. The van der Waals surface area contributed by atoms with Gasteiger partial charge < -0.3 is 21.7 Å². The zero-order valence-electron chi connectivity index (χ0n) is 16.6. The molecule has 5 heteroatoms. The summed E-state index contributed by atoms with van der Waals surface area (Å²) in [5.74, 6) is 1.19. The Labute approximate surface area is 158 Å². The monoisotopic (exact) mass is 367 g/mol. The highest BCUT2D eigenvalue weighted by molar-refractivity contribution is 5.66. The third-order valence-corrected chi connectivity index (χ3v) is 5.76. The average molecular weight is 368 g/mol. The standard InChI is InChI=1S/C21H35NO3.H3N/c1-2-3-6-9-17(23)12-13-19-18(16-14-20(19)22-15-16)10-7-4-5-8-11-21(24)25;/h4,7,12-13,16-20,22-23H,2-3,5-6,8-11,14-15H2,1H3,(H,24,25);1H3/p+1/b7-4-,13-12+;/t16-,17+,18+,19-,20-;/m1./s1. The van der Waals surface area contributed by atoms with E-state index in [1.807, 2.05) is 6.08 Å². The molecular formula is C21H39N2O3+. The van der Waals surface area contributed by atoms with Crippen LogP contribution >= 0.6 is 0 Å². The molecule has 2 rings (SSSR count). The number of fused-ring (bicyclic) bond motifs is 2. The molecule has 5 nitrogen and oxygen atoms in total. The number of unbranched alkanes of at least 4 members (excludes halogenated alkanes) is 3. The molecule has 7 N–H and O–H groups in total. The molecule has 1 saturated carbocycles. The second kappa shape index (κ2) is 12.3. The second-order valence-electron chi connectivity index (χ2n) is 7.69. The highest BCUT2D eigenvalue weighted by Gasteiger charge is 2.45. The minimum atomic E-state index is -0.713. The maximum atomic E-state index is 10.5. The van der Waals surface area contributed by atoms with Gasteiger partial charge in [0, 0.05) is 12.5 Å². The predicted octanol–water partition coefficient (Wildman–Crippen LogP) is 4.29. The van der Waals surface area contributed by atoms with Crippen molar-refractivity contribution < 1.29 is 15.0 Å². The fourth-order valence-corrected chi connectivity index (χ4v) is 4.35. The number of rotatable bonds is 12. The summed E-state index contributed by atoms with van der Waals surface area (Å²) in [6.07, 6.45) is 16.8. The van der Waals surface area contributed by atoms with Gasteiger partial charge in [-0.25, -0.2) is 0 Å². The molecule has 0 aromatic heterocycles. The lowest BCUT2D eigenvalue weighted by Crippen LogP contribution is -2.37. The minimum Gasteiger partial charge on any atom is -0.481 e. The van der Waals surface area contributed by atoms with Gasteiger partial charge in [-0.1, -0.05) is 50.5 Å². The smallest absolute Gasteiger partial charge is 0.303 e. The highest BCUT2D eigenvalue weighted by atomic mass is 16.4. The van der Waals surface area contributed by atoms with Gasteiger partial charge in [-0.05, 0) is 56.4 Å². The van der Waals surface area contributed by atoms with Crippen molar-refractivity contribution in [3.8, 4) is 0 Å². The van der Waals surface area contributed by atoms with E-state index in [1.165, 1.54) is 19.3 Å². The highest BCUT2D eigenvalue weighted by Crippen LogP contribution is 2.44. The fraction of sp³-hybridized carbons (Fsp3) is 0.762. The summed E-state index contributed by atoms with van der Waals surface area (Å²) in [5.41, 5.74) is 0. The van der Waals surface area contributed by atoms with Crippen LogP contribution in [-0.4, -0.2) is 34.9 Å². The van der Waals surface area contributed by atoms with E-state index in [1.54, 1.807) is 0 Å². The largest absolute Gasteiger partial charge is 0.481 e. The van der Waals surface area contributed by atoms with Crippen LogP contribution in [0.3, 0.4) is 0 Å². The molecule has 2 bridgehead atoms. The lowest BCUT2D eigenvalue weighted by atomic mass is 9.83. The molecular weight excluding hydrogens is 328 g/mol. The number of quaternary nitrogens is 1. The van der Waals surface area contributed by atoms with Gasteiger partial charge >= 0.3 is 5.97 Å². The van der Waals surface area contributed by atoms with E-state index in [9.17, 15) is 9.90 Å². The molecule has 5 atom stereocenters. The zero-order chi connectivity index (χ0) is 18.1. The van der Waals surface area contributed by atoms with Gasteiger partial charge in [0.1, 0.15) is 0 Å². The summed E-state index contributed by atoms with van der Waals surface area (Å²) < 4.78 is 0. The van der Waals surface area contributed by atoms with Crippen molar-refractivity contribution in [2.45, 2.75) is 76.9 Å². The molecule has 0 spiro atoms. The third-order valence-electron chi connectivity index (χ3n) is 5.76. The van der Waals surface area contributed by atoms with Crippen molar-refractivity contribution >= 4 is 5.97 Å². The molecule has 1 aliphatic heterocycles. The number of aliphatic hydroxyl groups is 1. The minimum absolute atomic E-state index is 0. The Morgan fingerprint density at radius 3 is 2.81 bits per heavy atom. The second-order valence-corrected chi connectivity index (χ2v) is 7.69. The Balaban J connectivity index is 0.00000338. The van der Waals surface area contributed by atoms with Crippen LogP contribution in [0.4, 0.5) is 0 Å². The quantitative estimate of drug-likeness (QED) is 0.305. The number of carbonyl (C=O) groups is 1. The topological polar surface area (TPSA) is 106 Å². The number of piperidine rings is 1. The lowest BCUT2D eigenvalue weighted by molar-refractivity contribution is -0.137. The number of carboxylic acid groups (broad SMARTS) is 1. The van der Waals surface area contributed by atoms with Crippen molar-refractivity contribution in [1.29, 1.82) is 0 Å². The third kappa shape index (κ3) is 7.22. The van der Waals surface area contributed by atoms with Gasteiger partial charge in [-0.2, -0.15) is 0 Å². The zero-order valence-corrected chi connectivity index (χ0v) is 16.6. The van der Waals surface area contributed by atoms with Gasteiger partial charge in [0.2, 0.25) is 0 Å². The number of nitrogens with one attached hydrogen (secondary N) is 1. The van der Waals surface area contributed by atoms with Crippen LogP contribution < -0.4 is 11.5 Å². The Morgan fingerprint density at radius 2 is 2.08 bits per heavy atom. The van der Waals surface area contributed by atoms with Crippen molar-refractivity contribution in [2.75, 3.05) is 6.54 Å². The molecule has 0 radical (unpaired) electrons. The molecule has 150 valence electrons. The van der Waals surface area contributed by atoms with Crippen molar-refractivity contribution in [3.05, 3.63) is 24.3 Å². The Hall–Kier alpha value is -1.17. The van der Waals surface area contributed by atoms with Crippen LogP contribution in [0.1, 0.15) is 64.7 Å². The molecule has 2 fully saturated rings. The van der Waals surface area contributed by atoms with Gasteiger partial charge in [0.05, 0.1) is 6.10 Å². The molecule has 0 unspecified atom stereocenters. The first kappa shape index (κ1) is 22.9. The SMILES string of the molecule is CCCCC[C@H](O)/C=C/[C@@H]1[C@@H](C/C=C\CCCC(=O)O)[C@H]2CN[C@@H]1C2.[NH4+]. The number of allylic oxidation sites excluding steroid dienone is 2. The van der Waals surface area contributed by atoms with Crippen LogP contribution in [0.5, 0.6) is 0 Å². The number of carboxylic acids is 1. The molecule has 0 aromatic rings. The van der Waals surface area contributed by atoms with Crippen molar-refractivity contribution in [2.24, 2.45) is 17.8 Å². The maximum Gasteiger partial charge on any atom is 0.303 e. The molecule has 1 aliphatic carbocycles. The van der Waals surface area contributed by atoms with Crippen molar-refractivity contribution in [3.63, 3.8) is 0 Å². The fourth-order valence-electron chi connectivity index (χ4n) is 4.35. The first-order valence-corrected chi connectivity index (χ1v) is 10.1. The molecule has 2 aliphatic rings. The normalized spacial score (nSPS) is 28.7. The summed E-state index contributed by atoms with van der Waals surface area (Å²) in [5, 5.41) is 22.4. The Bertz CT molecular complexity index is 464. The van der Waals surface area contributed by atoms with E-state index < -0.39 is 5.97 Å². The Morgan fingerprint density at radius 1 is 1.27 bits per heavy atom. The van der Waals surface area contributed by atoms with Crippen LogP contribution in [-0.2, 0) is 4.79 Å². The van der Waals surface area contributed by atoms with E-state index in [-0.39, 0.29) is 18.7 Å². The summed E-state index contributed by atoms with van der Waals surface area (Å²) in [4.78, 5) is 10.5.